The van der Waals surface area contributed by atoms with Gasteiger partial charge in [0.05, 0.1) is 7.11 Å². The van der Waals surface area contributed by atoms with Crippen LogP contribution < -0.4 is 14.2 Å². The molecule has 0 atom stereocenters. The van der Waals surface area contributed by atoms with Gasteiger partial charge >= 0.3 is 6.16 Å². The topological polar surface area (TPSA) is 44.8 Å². The summed E-state index contributed by atoms with van der Waals surface area (Å²) in [6, 6.07) is 18.6. The lowest BCUT2D eigenvalue weighted by molar-refractivity contribution is 0.152. The standard InChI is InChI=1S/C25H25FO4/c1-3-4-5-6-18-7-16-23(24(26)17-18)19-8-10-21(11-9-19)29-25(27)30-22-14-12-20(28-2)13-15-22/h7-17H,3-6H2,1-2H3. The first kappa shape index (κ1) is 21.4. The quantitative estimate of drug-likeness (QED) is 0.233. The van der Waals surface area contributed by atoms with Crippen LogP contribution in [0.1, 0.15) is 31.7 Å². The van der Waals surface area contributed by atoms with Gasteiger partial charge in [-0.15, -0.1) is 0 Å². The molecule has 0 fully saturated rings. The van der Waals surface area contributed by atoms with Gasteiger partial charge in [-0.2, -0.15) is 0 Å². The van der Waals surface area contributed by atoms with Crippen LogP contribution >= 0.6 is 0 Å². The Morgan fingerprint density at radius 3 is 2.00 bits per heavy atom. The molecule has 0 aliphatic carbocycles. The first-order chi connectivity index (χ1) is 14.6. The van der Waals surface area contributed by atoms with Crippen LogP contribution in [0.15, 0.2) is 66.7 Å². The zero-order valence-electron chi connectivity index (χ0n) is 17.2. The summed E-state index contributed by atoms with van der Waals surface area (Å²) < 4.78 is 29.9. The molecule has 3 rings (SSSR count). The number of unbranched alkanes of at least 4 members (excludes halogenated alkanes) is 2. The summed E-state index contributed by atoms with van der Waals surface area (Å²) in [6.45, 7) is 2.15. The van der Waals surface area contributed by atoms with Crippen LogP contribution in [0.4, 0.5) is 9.18 Å². The molecule has 3 aromatic rings. The van der Waals surface area contributed by atoms with Gasteiger partial charge in [0, 0.05) is 5.56 Å². The van der Waals surface area contributed by atoms with Crippen molar-refractivity contribution in [1.82, 2.24) is 0 Å². The molecule has 0 aliphatic rings. The molecule has 156 valence electrons. The van der Waals surface area contributed by atoms with E-state index < -0.39 is 6.16 Å². The van der Waals surface area contributed by atoms with E-state index in [0.717, 1.165) is 31.2 Å². The van der Waals surface area contributed by atoms with Crippen LogP contribution in [0.5, 0.6) is 17.2 Å². The highest BCUT2D eigenvalue weighted by atomic mass is 19.1. The monoisotopic (exact) mass is 408 g/mol. The molecule has 30 heavy (non-hydrogen) atoms. The Morgan fingerprint density at radius 2 is 1.43 bits per heavy atom. The van der Waals surface area contributed by atoms with E-state index in [2.05, 4.69) is 6.92 Å². The lowest BCUT2D eigenvalue weighted by atomic mass is 10.0. The van der Waals surface area contributed by atoms with Crippen molar-refractivity contribution < 1.29 is 23.4 Å². The largest absolute Gasteiger partial charge is 0.519 e. The molecule has 0 amide bonds. The van der Waals surface area contributed by atoms with Gasteiger partial charge in [0.1, 0.15) is 23.1 Å². The minimum Gasteiger partial charge on any atom is -0.497 e. The van der Waals surface area contributed by atoms with E-state index >= 15 is 0 Å². The summed E-state index contributed by atoms with van der Waals surface area (Å²) >= 11 is 0. The molecule has 0 heterocycles. The zero-order valence-corrected chi connectivity index (χ0v) is 17.2. The maximum absolute atomic E-state index is 14.5. The Kier molecular flexibility index (Phi) is 7.44. The highest BCUT2D eigenvalue weighted by Crippen LogP contribution is 2.27. The number of ether oxygens (including phenoxy) is 3. The van der Waals surface area contributed by atoms with Crippen molar-refractivity contribution in [2.45, 2.75) is 32.6 Å². The maximum atomic E-state index is 14.5. The van der Waals surface area contributed by atoms with E-state index in [0.29, 0.717) is 28.4 Å². The number of carbonyl (C=O) groups is 1. The molecule has 0 bridgehead atoms. The molecular formula is C25H25FO4. The van der Waals surface area contributed by atoms with E-state index in [4.69, 9.17) is 14.2 Å². The molecule has 5 heteroatoms. The molecule has 3 aromatic carbocycles. The molecule has 0 saturated carbocycles. The first-order valence-electron chi connectivity index (χ1n) is 10.0. The van der Waals surface area contributed by atoms with Crippen molar-refractivity contribution >= 4 is 6.16 Å². The molecule has 0 aliphatic heterocycles. The number of methoxy groups -OCH3 is 1. The van der Waals surface area contributed by atoms with E-state index in [1.54, 1.807) is 67.8 Å². The molecule has 0 unspecified atom stereocenters. The van der Waals surface area contributed by atoms with Gasteiger partial charge in [-0.1, -0.05) is 44.0 Å². The molecular weight excluding hydrogens is 383 g/mol. The molecule has 0 spiro atoms. The lowest BCUT2D eigenvalue weighted by Gasteiger charge is -2.09. The SMILES string of the molecule is CCCCCc1ccc(-c2ccc(OC(=O)Oc3ccc(OC)cc3)cc2)c(F)c1. The second kappa shape index (κ2) is 10.4. The third kappa shape index (κ3) is 5.83. The second-order valence-corrected chi connectivity index (χ2v) is 6.93. The Balaban J connectivity index is 1.60. The van der Waals surface area contributed by atoms with Crippen molar-refractivity contribution in [1.29, 1.82) is 0 Å². The van der Waals surface area contributed by atoms with Gasteiger partial charge in [0.15, 0.2) is 0 Å². The van der Waals surface area contributed by atoms with E-state index in [1.165, 1.54) is 0 Å². The van der Waals surface area contributed by atoms with Crippen LogP contribution in [0.25, 0.3) is 11.1 Å². The highest BCUT2D eigenvalue weighted by molar-refractivity contribution is 5.69. The predicted octanol–water partition coefficient (Wildman–Crippen LogP) is 6.81. The van der Waals surface area contributed by atoms with Crippen LogP contribution in [0, 0.1) is 5.82 Å². The van der Waals surface area contributed by atoms with Crippen molar-refractivity contribution in [2.24, 2.45) is 0 Å². The highest BCUT2D eigenvalue weighted by Gasteiger charge is 2.10. The number of hydrogen-bond donors (Lipinski definition) is 0. The van der Waals surface area contributed by atoms with Crippen LogP contribution in [0.2, 0.25) is 0 Å². The van der Waals surface area contributed by atoms with Crippen molar-refractivity contribution in [3.63, 3.8) is 0 Å². The minimum absolute atomic E-state index is 0.253. The normalized spacial score (nSPS) is 10.5. The Morgan fingerprint density at radius 1 is 0.833 bits per heavy atom. The number of halogens is 1. The third-order valence-corrected chi connectivity index (χ3v) is 4.73. The summed E-state index contributed by atoms with van der Waals surface area (Å²) in [5.41, 5.74) is 2.23. The van der Waals surface area contributed by atoms with E-state index in [-0.39, 0.29) is 5.82 Å². The van der Waals surface area contributed by atoms with Crippen molar-refractivity contribution in [2.75, 3.05) is 7.11 Å². The van der Waals surface area contributed by atoms with Gasteiger partial charge in [0.25, 0.3) is 0 Å². The number of carbonyl (C=O) groups excluding carboxylic acids is 1. The van der Waals surface area contributed by atoms with Crippen LogP contribution in [0.3, 0.4) is 0 Å². The Hall–Kier alpha value is -3.34. The van der Waals surface area contributed by atoms with Crippen LogP contribution in [-0.4, -0.2) is 13.3 Å². The fourth-order valence-electron chi connectivity index (χ4n) is 3.09. The van der Waals surface area contributed by atoms with Gasteiger partial charge in [-0.05, 0) is 66.4 Å². The molecule has 0 aromatic heterocycles. The average molecular weight is 408 g/mol. The zero-order chi connectivity index (χ0) is 21.3. The molecule has 0 N–H and O–H groups in total. The van der Waals surface area contributed by atoms with Gasteiger partial charge in [-0.3, -0.25) is 0 Å². The molecule has 0 radical (unpaired) electrons. The number of hydrogen-bond acceptors (Lipinski definition) is 4. The maximum Gasteiger partial charge on any atom is 0.519 e. The second-order valence-electron chi connectivity index (χ2n) is 6.93. The smallest absolute Gasteiger partial charge is 0.497 e. The van der Waals surface area contributed by atoms with E-state index in [1.807, 2.05) is 6.07 Å². The van der Waals surface area contributed by atoms with Gasteiger partial charge in [-0.25, -0.2) is 9.18 Å². The van der Waals surface area contributed by atoms with Crippen LogP contribution in [-0.2, 0) is 6.42 Å². The predicted molar refractivity (Wildman–Crippen MR) is 115 cm³/mol. The first-order valence-corrected chi connectivity index (χ1v) is 10.0. The number of benzene rings is 3. The number of aryl methyl sites for hydroxylation is 1. The van der Waals surface area contributed by atoms with Crippen molar-refractivity contribution in [3.05, 3.63) is 78.1 Å². The van der Waals surface area contributed by atoms with Gasteiger partial charge in [0.2, 0.25) is 0 Å². The summed E-state index contributed by atoms with van der Waals surface area (Å²) in [5, 5.41) is 0. The van der Waals surface area contributed by atoms with Crippen molar-refractivity contribution in [3.8, 4) is 28.4 Å². The van der Waals surface area contributed by atoms with E-state index in [9.17, 15) is 9.18 Å². The lowest BCUT2D eigenvalue weighted by Crippen LogP contribution is -2.13. The summed E-state index contributed by atoms with van der Waals surface area (Å²) in [4.78, 5) is 12.0. The Bertz CT molecular complexity index is 965. The molecule has 4 nitrogen and oxygen atoms in total. The Labute approximate surface area is 176 Å². The molecule has 0 saturated heterocycles. The minimum atomic E-state index is -0.851. The summed E-state index contributed by atoms with van der Waals surface area (Å²) in [6.07, 6.45) is 3.38. The fraction of sp³-hybridized carbons (Fsp3) is 0.240. The summed E-state index contributed by atoms with van der Waals surface area (Å²) in [5.74, 6) is 1.07. The fourth-order valence-corrected chi connectivity index (χ4v) is 3.09. The van der Waals surface area contributed by atoms with Gasteiger partial charge < -0.3 is 14.2 Å². The third-order valence-electron chi connectivity index (χ3n) is 4.73. The average Bonchev–Trinajstić information content (AvgIpc) is 2.75. The summed E-state index contributed by atoms with van der Waals surface area (Å²) in [7, 11) is 1.56. The number of rotatable bonds is 8.